The fraction of sp³-hybridized carbons (Fsp3) is 0.786. The highest BCUT2D eigenvalue weighted by molar-refractivity contribution is 5.68. The highest BCUT2D eigenvalue weighted by atomic mass is 16.6. The topological polar surface area (TPSA) is 72.3 Å². The largest absolute Gasteiger partial charge is 0.444 e. The Balaban J connectivity index is 1.69. The summed E-state index contributed by atoms with van der Waals surface area (Å²) in [4.78, 5) is 18.4. The maximum absolute atomic E-state index is 12.2. The summed E-state index contributed by atoms with van der Waals surface area (Å²) in [6.07, 6.45) is 0.669. The van der Waals surface area contributed by atoms with Crippen molar-refractivity contribution < 1.29 is 9.53 Å². The number of carbonyl (C=O) groups is 1. The smallest absolute Gasteiger partial charge is 0.410 e. The fourth-order valence-corrected chi connectivity index (χ4v) is 3.04. The quantitative estimate of drug-likeness (QED) is 0.790. The van der Waals surface area contributed by atoms with Crippen molar-refractivity contribution >= 4 is 12.0 Å². The Morgan fingerprint density at radius 3 is 2.90 bits per heavy atom. The van der Waals surface area contributed by atoms with Crippen LogP contribution in [0.4, 0.5) is 10.7 Å². The maximum Gasteiger partial charge on any atom is 0.410 e. The molecule has 1 fully saturated rings. The van der Waals surface area contributed by atoms with Gasteiger partial charge in [-0.05, 0) is 34.1 Å². The third-order valence-corrected chi connectivity index (χ3v) is 3.92. The molecule has 2 aliphatic rings. The van der Waals surface area contributed by atoms with Crippen LogP contribution in [-0.2, 0) is 4.74 Å². The van der Waals surface area contributed by atoms with Crippen molar-refractivity contribution in [3.05, 3.63) is 5.82 Å². The number of hydrogen-bond acceptors (Lipinski definition) is 5. The van der Waals surface area contributed by atoms with E-state index >= 15 is 0 Å². The fourth-order valence-electron chi connectivity index (χ4n) is 3.04. The number of aryl methyl sites for hydroxylation is 1. The number of piperidine rings is 1. The van der Waals surface area contributed by atoms with Crippen LogP contribution in [0, 0.1) is 12.8 Å². The molecule has 2 aliphatic heterocycles. The normalized spacial score (nSPS) is 24.9. The molecule has 2 atom stereocenters. The molecule has 3 heterocycles. The zero-order valence-electron chi connectivity index (χ0n) is 13.1. The predicted molar refractivity (Wildman–Crippen MR) is 78.2 cm³/mol. The Hall–Kier alpha value is -1.79. The molecular weight excluding hydrogens is 270 g/mol. The van der Waals surface area contributed by atoms with Crippen LogP contribution >= 0.6 is 0 Å². The van der Waals surface area contributed by atoms with E-state index in [2.05, 4.69) is 15.4 Å². The van der Waals surface area contributed by atoms with Crippen LogP contribution in [0.5, 0.6) is 0 Å². The molecule has 0 spiro atoms. The van der Waals surface area contributed by atoms with Gasteiger partial charge in [0, 0.05) is 25.6 Å². The second kappa shape index (κ2) is 4.89. The maximum atomic E-state index is 12.2. The SMILES string of the molecule is Cc1nc2n(n1)C1CCN(C(=O)OC(C)(C)C)CC1CN2. The van der Waals surface area contributed by atoms with Crippen molar-refractivity contribution in [3.63, 3.8) is 0 Å². The Bertz CT molecular complexity index is 548. The predicted octanol–water partition coefficient (Wildman–Crippen LogP) is 1.81. The van der Waals surface area contributed by atoms with Gasteiger partial charge in [0.1, 0.15) is 11.4 Å². The molecule has 3 rings (SSSR count). The van der Waals surface area contributed by atoms with Crippen molar-refractivity contribution in [2.75, 3.05) is 25.0 Å². The molecule has 0 aliphatic carbocycles. The van der Waals surface area contributed by atoms with Gasteiger partial charge in [-0.1, -0.05) is 0 Å². The van der Waals surface area contributed by atoms with Crippen LogP contribution in [0.2, 0.25) is 0 Å². The van der Waals surface area contributed by atoms with Crippen molar-refractivity contribution in [2.45, 2.75) is 45.8 Å². The molecule has 0 bridgehead atoms. The number of fused-ring (bicyclic) bond motifs is 3. The summed E-state index contributed by atoms with van der Waals surface area (Å²) in [6, 6.07) is 0.320. The first kappa shape index (κ1) is 14.2. The Kier molecular flexibility index (Phi) is 3.30. The van der Waals surface area contributed by atoms with E-state index in [1.807, 2.05) is 37.3 Å². The van der Waals surface area contributed by atoms with Gasteiger partial charge < -0.3 is 15.0 Å². The molecule has 0 saturated carbocycles. The van der Waals surface area contributed by atoms with Crippen LogP contribution in [0.15, 0.2) is 0 Å². The average molecular weight is 293 g/mol. The Morgan fingerprint density at radius 1 is 1.43 bits per heavy atom. The number of likely N-dealkylation sites (tertiary alicyclic amines) is 1. The van der Waals surface area contributed by atoms with Gasteiger partial charge in [-0.2, -0.15) is 10.1 Å². The van der Waals surface area contributed by atoms with E-state index in [4.69, 9.17) is 4.74 Å². The lowest BCUT2D eigenvalue weighted by Crippen LogP contribution is -2.50. The molecule has 0 aromatic carbocycles. The van der Waals surface area contributed by atoms with Crippen LogP contribution in [0.3, 0.4) is 0 Å². The molecule has 7 nitrogen and oxygen atoms in total. The Labute approximate surface area is 124 Å². The number of nitrogens with zero attached hydrogens (tertiary/aromatic N) is 4. The van der Waals surface area contributed by atoms with Crippen molar-refractivity contribution in [1.29, 1.82) is 0 Å². The summed E-state index contributed by atoms with van der Waals surface area (Å²) in [7, 11) is 0. The van der Waals surface area contributed by atoms with E-state index < -0.39 is 5.60 Å². The summed E-state index contributed by atoms with van der Waals surface area (Å²) in [5.41, 5.74) is -0.449. The molecule has 1 amide bonds. The van der Waals surface area contributed by atoms with Crippen LogP contribution in [0.25, 0.3) is 0 Å². The molecule has 7 heteroatoms. The highest BCUT2D eigenvalue weighted by Gasteiger charge is 2.38. The number of hydrogen-bond donors (Lipinski definition) is 1. The van der Waals surface area contributed by atoms with Gasteiger partial charge in [0.2, 0.25) is 5.95 Å². The van der Waals surface area contributed by atoms with Crippen LogP contribution < -0.4 is 5.32 Å². The van der Waals surface area contributed by atoms with Gasteiger partial charge in [-0.3, -0.25) is 0 Å². The summed E-state index contributed by atoms with van der Waals surface area (Å²) < 4.78 is 7.44. The molecular formula is C14H23N5O2. The van der Waals surface area contributed by atoms with Crippen LogP contribution in [0.1, 0.15) is 39.1 Å². The molecule has 2 unspecified atom stereocenters. The molecule has 1 N–H and O–H groups in total. The highest BCUT2D eigenvalue weighted by Crippen LogP contribution is 2.34. The lowest BCUT2D eigenvalue weighted by Gasteiger charge is -2.41. The van der Waals surface area contributed by atoms with Crippen molar-refractivity contribution in [3.8, 4) is 0 Å². The molecule has 116 valence electrons. The zero-order valence-corrected chi connectivity index (χ0v) is 13.1. The first-order chi connectivity index (χ1) is 9.83. The second-order valence-corrected chi connectivity index (χ2v) is 6.85. The van der Waals surface area contributed by atoms with Gasteiger partial charge in [0.15, 0.2) is 0 Å². The summed E-state index contributed by atoms with van der Waals surface area (Å²) in [5, 5.41) is 7.77. The number of ether oxygens (including phenoxy) is 1. The number of amides is 1. The summed E-state index contributed by atoms with van der Waals surface area (Å²) in [6.45, 7) is 9.80. The minimum atomic E-state index is -0.449. The van der Waals surface area contributed by atoms with E-state index in [1.54, 1.807) is 0 Å². The number of nitrogens with one attached hydrogen (secondary N) is 1. The van der Waals surface area contributed by atoms with Gasteiger partial charge in [0.25, 0.3) is 0 Å². The number of aromatic nitrogens is 3. The minimum Gasteiger partial charge on any atom is -0.444 e. The molecule has 21 heavy (non-hydrogen) atoms. The van der Waals surface area contributed by atoms with E-state index in [0.29, 0.717) is 25.0 Å². The lowest BCUT2D eigenvalue weighted by atomic mass is 9.91. The average Bonchev–Trinajstić information content (AvgIpc) is 2.76. The monoisotopic (exact) mass is 293 g/mol. The van der Waals surface area contributed by atoms with Gasteiger partial charge >= 0.3 is 6.09 Å². The first-order valence-electron chi connectivity index (χ1n) is 7.48. The number of carbonyl (C=O) groups excluding carboxylic acids is 1. The molecule has 0 radical (unpaired) electrons. The summed E-state index contributed by atoms with van der Waals surface area (Å²) in [5.74, 6) is 1.98. The zero-order chi connectivity index (χ0) is 15.2. The van der Waals surface area contributed by atoms with E-state index in [9.17, 15) is 4.79 Å². The van der Waals surface area contributed by atoms with E-state index in [1.165, 1.54) is 0 Å². The van der Waals surface area contributed by atoms with Gasteiger partial charge in [-0.25, -0.2) is 9.48 Å². The second-order valence-electron chi connectivity index (χ2n) is 6.85. The Morgan fingerprint density at radius 2 is 2.19 bits per heavy atom. The van der Waals surface area contributed by atoms with Gasteiger partial charge in [-0.15, -0.1) is 0 Å². The molecule has 1 saturated heterocycles. The third-order valence-electron chi connectivity index (χ3n) is 3.92. The first-order valence-corrected chi connectivity index (χ1v) is 7.48. The van der Waals surface area contributed by atoms with Crippen molar-refractivity contribution in [1.82, 2.24) is 19.7 Å². The lowest BCUT2D eigenvalue weighted by molar-refractivity contribution is 0.0107. The number of rotatable bonds is 0. The standard InChI is InChI=1S/C14H23N5O2/c1-9-16-12-15-7-10-8-18(13(20)21-14(2,3)4)6-5-11(10)19(12)17-9/h10-11H,5-8H2,1-4H3,(H,15,16,17). The minimum absolute atomic E-state index is 0.221. The van der Waals surface area contributed by atoms with Crippen LogP contribution in [-0.4, -0.2) is 51.0 Å². The molecule has 1 aromatic heterocycles. The molecule has 1 aromatic rings. The third kappa shape index (κ3) is 2.82. The van der Waals surface area contributed by atoms with E-state index in [-0.39, 0.29) is 6.09 Å². The van der Waals surface area contributed by atoms with Gasteiger partial charge in [0.05, 0.1) is 6.04 Å². The summed E-state index contributed by atoms with van der Waals surface area (Å²) >= 11 is 0. The number of anilines is 1. The van der Waals surface area contributed by atoms with Crippen molar-refractivity contribution in [2.24, 2.45) is 5.92 Å². The van der Waals surface area contributed by atoms with E-state index in [0.717, 1.165) is 24.7 Å².